The topological polar surface area (TPSA) is 90.9 Å². The summed E-state index contributed by atoms with van der Waals surface area (Å²) in [5, 5.41) is 31.9. The molecule has 0 saturated heterocycles. The van der Waals surface area contributed by atoms with Gasteiger partial charge in [0.15, 0.2) is 0 Å². The van der Waals surface area contributed by atoms with Gasteiger partial charge in [0.2, 0.25) is 0 Å². The van der Waals surface area contributed by atoms with E-state index in [1.54, 1.807) is 12.3 Å². The summed E-state index contributed by atoms with van der Waals surface area (Å²) in [6, 6.07) is 1.71. The van der Waals surface area contributed by atoms with E-state index in [2.05, 4.69) is 20.8 Å². The Balaban J connectivity index is 1.87. The Kier molecular flexibility index (Phi) is 3.65. The van der Waals surface area contributed by atoms with Gasteiger partial charge in [0, 0.05) is 17.9 Å². The first-order chi connectivity index (χ1) is 11.7. The maximum atomic E-state index is 12.1. The first-order valence-corrected chi connectivity index (χ1v) is 9.33. The van der Waals surface area contributed by atoms with Crippen molar-refractivity contribution in [2.75, 3.05) is 0 Å². The molecule has 3 aliphatic rings. The molecular weight excluding hydrogens is 320 g/mol. The largest absolute Gasteiger partial charge is 0.481 e. The van der Waals surface area contributed by atoms with Gasteiger partial charge in [0.25, 0.3) is 0 Å². The van der Waals surface area contributed by atoms with E-state index in [0.717, 1.165) is 25.0 Å². The lowest BCUT2D eigenvalue weighted by Crippen LogP contribution is -2.65. The molecule has 5 nitrogen and oxygen atoms in total. The fourth-order valence-corrected chi connectivity index (χ4v) is 6.80. The van der Waals surface area contributed by atoms with Crippen molar-refractivity contribution >= 4 is 5.97 Å². The number of furan rings is 1. The average molecular weight is 348 g/mol. The fraction of sp³-hybridized carbons (Fsp3) is 0.750. The van der Waals surface area contributed by atoms with Crippen molar-refractivity contribution in [1.82, 2.24) is 0 Å². The van der Waals surface area contributed by atoms with Crippen LogP contribution >= 0.6 is 0 Å². The zero-order valence-corrected chi connectivity index (χ0v) is 15.1. The highest BCUT2D eigenvalue weighted by atomic mass is 16.4. The third kappa shape index (κ3) is 2.18. The van der Waals surface area contributed by atoms with Crippen LogP contribution in [0.25, 0.3) is 0 Å². The number of carboxylic acids is 1. The smallest absolute Gasteiger partial charge is 0.311 e. The Morgan fingerprint density at radius 1 is 1.20 bits per heavy atom. The van der Waals surface area contributed by atoms with Gasteiger partial charge in [-0.2, -0.15) is 0 Å². The molecule has 2 fully saturated rings. The van der Waals surface area contributed by atoms with Crippen molar-refractivity contribution in [2.45, 2.75) is 64.6 Å². The molecule has 3 N–H and O–H groups in total. The van der Waals surface area contributed by atoms with E-state index in [1.807, 2.05) is 0 Å². The summed E-state index contributed by atoms with van der Waals surface area (Å²) in [5.41, 5.74) is 0.376. The number of hydrogen-bond donors (Lipinski definition) is 3. The third-order valence-electron chi connectivity index (χ3n) is 7.66. The second-order valence-electron chi connectivity index (χ2n) is 9.31. The molecule has 0 aromatic carbocycles. The van der Waals surface area contributed by atoms with Crippen LogP contribution in [0.1, 0.15) is 57.3 Å². The second-order valence-corrected chi connectivity index (χ2v) is 9.31. The first kappa shape index (κ1) is 17.1. The third-order valence-corrected chi connectivity index (χ3v) is 7.66. The highest BCUT2D eigenvalue weighted by Crippen LogP contribution is 2.64. The summed E-state index contributed by atoms with van der Waals surface area (Å²) in [6.07, 6.45) is 3.31. The number of fused-ring (bicyclic) bond motifs is 4. The minimum atomic E-state index is -1.02. The van der Waals surface area contributed by atoms with E-state index in [-0.39, 0.29) is 22.7 Å². The highest BCUT2D eigenvalue weighted by molar-refractivity contribution is 5.77. The van der Waals surface area contributed by atoms with Crippen molar-refractivity contribution < 1.29 is 24.5 Å². The Bertz CT molecular complexity index is 692. The molecule has 7 atom stereocenters. The minimum absolute atomic E-state index is 0.00442. The zero-order valence-electron chi connectivity index (χ0n) is 15.1. The van der Waals surface area contributed by atoms with Crippen LogP contribution in [0.2, 0.25) is 0 Å². The number of aliphatic hydroxyl groups excluding tert-OH is 2. The maximum absolute atomic E-state index is 12.1. The van der Waals surface area contributed by atoms with Crippen LogP contribution in [-0.2, 0) is 11.2 Å². The SMILES string of the molecule is CC1(C)CCC[C@]2(C)[C@H]3Cc4occc4[C@H](C(=O)O)[C@@H]3[C@@H](O)[C@@H](O)[C@@H]12. The maximum Gasteiger partial charge on any atom is 0.311 e. The lowest BCUT2D eigenvalue weighted by Gasteiger charge is -2.63. The molecule has 0 bridgehead atoms. The van der Waals surface area contributed by atoms with Crippen LogP contribution in [0.15, 0.2) is 16.7 Å². The van der Waals surface area contributed by atoms with Crippen molar-refractivity contribution in [3.63, 3.8) is 0 Å². The van der Waals surface area contributed by atoms with E-state index in [9.17, 15) is 20.1 Å². The van der Waals surface area contributed by atoms with Gasteiger partial charge in [0.1, 0.15) is 5.76 Å². The number of aliphatic carboxylic acids is 1. The molecule has 5 heteroatoms. The van der Waals surface area contributed by atoms with Gasteiger partial charge >= 0.3 is 5.97 Å². The van der Waals surface area contributed by atoms with Gasteiger partial charge in [-0.3, -0.25) is 4.79 Å². The molecule has 3 aliphatic carbocycles. The molecule has 25 heavy (non-hydrogen) atoms. The van der Waals surface area contributed by atoms with Crippen molar-refractivity contribution in [2.24, 2.45) is 28.6 Å². The van der Waals surface area contributed by atoms with Crippen LogP contribution in [0.3, 0.4) is 0 Å². The van der Waals surface area contributed by atoms with Crippen LogP contribution in [0.5, 0.6) is 0 Å². The predicted octanol–water partition coefficient (Wildman–Crippen LogP) is 2.80. The molecule has 1 aromatic heterocycles. The Morgan fingerprint density at radius 2 is 1.92 bits per heavy atom. The normalized spacial score (nSPS) is 45.2. The Hall–Kier alpha value is -1.33. The molecule has 0 spiro atoms. The monoisotopic (exact) mass is 348 g/mol. The van der Waals surface area contributed by atoms with E-state index in [0.29, 0.717) is 12.0 Å². The molecule has 4 rings (SSSR count). The number of carbonyl (C=O) groups is 1. The summed E-state index contributed by atoms with van der Waals surface area (Å²) in [5.74, 6) is -1.56. The van der Waals surface area contributed by atoms with E-state index >= 15 is 0 Å². The molecule has 1 heterocycles. The molecule has 0 amide bonds. The van der Waals surface area contributed by atoms with Crippen LogP contribution < -0.4 is 0 Å². The predicted molar refractivity (Wildman–Crippen MR) is 91.0 cm³/mol. The molecular formula is C20H28O5. The summed E-state index contributed by atoms with van der Waals surface area (Å²) < 4.78 is 5.62. The number of aliphatic hydroxyl groups is 2. The molecule has 0 radical (unpaired) electrons. The van der Waals surface area contributed by atoms with Gasteiger partial charge in [-0.05, 0) is 41.6 Å². The van der Waals surface area contributed by atoms with E-state index in [1.165, 1.54) is 0 Å². The number of carboxylic acid groups (broad SMARTS) is 1. The molecule has 138 valence electrons. The fourth-order valence-electron chi connectivity index (χ4n) is 6.80. The number of hydrogen-bond acceptors (Lipinski definition) is 4. The average Bonchev–Trinajstić information content (AvgIpc) is 2.97. The summed E-state index contributed by atoms with van der Waals surface area (Å²) in [7, 11) is 0. The van der Waals surface area contributed by atoms with E-state index < -0.39 is 30.0 Å². The summed E-state index contributed by atoms with van der Waals surface area (Å²) in [4.78, 5) is 12.1. The molecule has 2 saturated carbocycles. The van der Waals surface area contributed by atoms with Crippen molar-refractivity contribution in [3.05, 3.63) is 23.7 Å². The molecule has 0 unspecified atom stereocenters. The number of rotatable bonds is 1. The summed E-state index contributed by atoms with van der Waals surface area (Å²) in [6.45, 7) is 6.53. The van der Waals surface area contributed by atoms with E-state index in [4.69, 9.17) is 4.42 Å². The van der Waals surface area contributed by atoms with Gasteiger partial charge in [0.05, 0.1) is 24.4 Å². The van der Waals surface area contributed by atoms with Crippen LogP contribution in [0, 0.1) is 28.6 Å². The molecule has 0 aliphatic heterocycles. The molecule has 1 aromatic rings. The summed E-state index contributed by atoms with van der Waals surface area (Å²) >= 11 is 0. The standard InChI is InChI=1S/C20H28O5/c1-19(2)6-4-7-20(3)11-9-12-10(5-8-25-12)13(18(23)24)14(11)15(21)16(22)17(19)20/h5,8,11,13-17,21-22H,4,6-7,9H2,1-3H3,(H,23,24)/t11-,13-,14+,15+,16+,17-,20+/m0/s1. The van der Waals surface area contributed by atoms with Crippen LogP contribution in [-0.4, -0.2) is 33.5 Å². The van der Waals surface area contributed by atoms with Gasteiger partial charge in [-0.15, -0.1) is 0 Å². The Morgan fingerprint density at radius 3 is 2.60 bits per heavy atom. The van der Waals surface area contributed by atoms with Crippen LogP contribution in [0.4, 0.5) is 0 Å². The lowest BCUT2D eigenvalue weighted by molar-refractivity contribution is -0.218. The quantitative estimate of drug-likeness (QED) is 0.726. The Labute approximate surface area is 148 Å². The second kappa shape index (κ2) is 5.34. The highest BCUT2D eigenvalue weighted by Gasteiger charge is 2.64. The van der Waals surface area contributed by atoms with Gasteiger partial charge < -0.3 is 19.7 Å². The van der Waals surface area contributed by atoms with Crippen molar-refractivity contribution in [3.8, 4) is 0 Å². The van der Waals surface area contributed by atoms with Gasteiger partial charge in [-0.25, -0.2) is 0 Å². The van der Waals surface area contributed by atoms with Crippen molar-refractivity contribution in [1.29, 1.82) is 0 Å². The minimum Gasteiger partial charge on any atom is -0.481 e. The van der Waals surface area contributed by atoms with Gasteiger partial charge in [-0.1, -0.05) is 27.2 Å². The lowest BCUT2D eigenvalue weighted by atomic mass is 9.42. The first-order valence-electron chi connectivity index (χ1n) is 9.33. The zero-order chi connectivity index (χ0) is 18.1.